The molecule has 2 aromatic rings. The van der Waals surface area contributed by atoms with Gasteiger partial charge in [0.25, 0.3) is 0 Å². The van der Waals surface area contributed by atoms with Crippen molar-refractivity contribution in [3.05, 3.63) is 52.7 Å². The molecule has 2 unspecified atom stereocenters. The Morgan fingerprint density at radius 1 is 1.16 bits per heavy atom. The van der Waals surface area contributed by atoms with Crippen LogP contribution in [0.3, 0.4) is 0 Å². The van der Waals surface area contributed by atoms with E-state index in [-0.39, 0.29) is 12.1 Å². The molecule has 2 atom stereocenters. The molecule has 0 spiro atoms. The van der Waals surface area contributed by atoms with Crippen LogP contribution in [0.4, 0.5) is 0 Å². The second-order valence-corrected chi connectivity index (χ2v) is 5.21. The van der Waals surface area contributed by atoms with Crippen molar-refractivity contribution in [2.24, 2.45) is 0 Å². The minimum Gasteiger partial charge on any atom is -0.468 e. The Morgan fingerprint density at radius 2 is 1.89 bits per heavy atom. The maximum Gasteiger partial charge on any atom is 0.120 e. The molecular weight excluding hydrogens is 236 g/mol. The molecule has 0 aliphatic heterocycles. The van der Waals surface area contributed by atoms with Gasteiger partial charge in [-0.3, -0.25) is 4.98 Å². The van der Waals surface area contributed by atoms with Gasteiger partial charge in [-0.15, -0.1) is 0 Å². The first kappa shape index (κ1) is 13.8. The summed E-state index contributed by atoms with van der Waals surface area (Å²) in [6.45, 7) is 10.5. The molecule has 3 nitrogen and oxygen atoms in total. The standard InChI is InChI=1S/C16H22N2O/c1-10-9-11(2)17-13(4)16(10)14(5)18-12(3)15-7-6-8-19-15/h6-9,12,14,18H,1-5H3. The van der Waals surface area contributed by atoms with Gasteiger partial charge < -0.3 is 9.73 Å². The first-order valence-corrected chi connectivity index (χ1v) is 6.73. The highest BCUT2D eigenvalue weighted by Crippen LogP contribution is 2.24. The number of aryl methyl sites for hydroxylation is 3. The first-order chi connectivity index (χ1) is 8.99. The fourth-order valence-corrected chi connectivity index (χ4v) is 2.77. The monoisotopic (exact) mass is 258 g/mol. The molecular formula is C16H22N2O. The fourth-order valence-electron chi connectivity index (χ4n) is 2.77. The van der Waals surface area contributed by atoms with Crippen molar-refractivity contribution in [3.63, 3.8) is 0 Å². The van der Waals surface area contributed by atoms with Crippen LogP contribution in [-0.4, -0.2) is 4.98 Å². The van der Waals surface area contributed by atoms with Crippen molar-refractivity contribution >= 4 is 0 Å². The molecule has 3 heteroatoms. The molecule has 2 heterocycles. The third kappa shape index (κ3) is 3.04. The zero-order chi connectivity index (χ0) is 14.0. The second-order valence-electron chi connectivity index (χ2n) is 5.21. The number of rotatable bonds is 4. The van der Waals surface area contributed by atoms with E-state index in [0.29, 0.717) is 0 Å². The number of furan rings is 1. The number of nitrogens with zero attached hydrogens (tertiary/aromatic N) is 1. The van der Waals surface area contributed by atoms with E-state index in [1.54, 1.807) is 6.26 Å². The Kier molecular flexibility index (Phi) is 4.05. The molecule has 0 fully saturated rings. The van der Waals surface area contributed by atoms with Crippen molar-refractivity contribution in [3.8, 4) is 0 Å². The molecule has 0 aromatic carbocycles. The van der Waals surface area contributed by atoms with Crippen LogP contribution in [0.25, 0.3) is 0 Å². The highest BCUT2D eigenvalue weighted by atomic mass is 16.3. The van der Waals surface area contributed by atoms with Crippen LogP contribution in [0.2, 0.25) is 0 Å². The van der Waals surface area contributed by atoms with Crippen LogP contribution in [0.1, 0.15) is 54.2 Å². The molecule has 0 saturated carbocycles. The van der Waals surface area contributed by atoms with E-state index in [4.69, 9.17) is 4.42 Å². The predicted molar refractivity (Wildman–Crippen MR) is 77.1 cm³/mol. The van der Waals surface area contributed by atoms with Crippen molar-refractivity contribution in [1.29, 1.82) is 0 Å². The van der Waals surface area contributed by atoms with Gasteiger partial charge in [0.1, 0.15) is 5.76 Å². The summed E-state index contributed by atoms with van der Waals surface area (Å²) in [7, 11) is 0. The molecule has 102 valence electrons. The van der Waals surface area contributed by atoms with Crippen molar-refractivity contribution in [2.45, 2.75) is 46.7 Å². The van der Waals surface area contributed by atoms with Crippen molar-refractivity contribution < 1.29 is 4.42 Å². The molecule has 0 radical (unpaired) electrons. The SMILES string of the molecule is Cc1cc(C)c(C(C)NC(C)c2ccco2)c(C)n1. The first-order valence-electron chi connectivity index (χ1n) is 6.73. The van der Waals surface area contributed by atoms with Crippen LogP contribution in [0, 0.1) is 20.8 Å². The summed E-state index contributed by atoms with van der Waals surface area (Å²) in [4.78, 5) is 4.56. The second kappa shape index (κ2) is 5.57. The Balaban J connectivity index is 2.18. The Labute approximate surface area is 115 Å². The smallest absolute Gasteiger partial charge is 0.120 e. The summed E-state index contributed by atoms with van der Waals surface area (Å²) in [5, 5.41) is 3.57. The lowest BCUT2D eigenvalue weighted by molar-refractivity contribution is 0.401. The number of hydrogen-bond donors (Lipinski definition) is 1. The van der Waals surface area contributed by atoms with Gasteiger partial charge in [-0.05, 0) is 63.9 Å². The average molecular weight is 258 g/mol. The van der Waals surface area contributed by atoms with Gasteiger partial charge in [0.05, 0.1) is 12.3 Å². The third-order valence-electron chi connectivity index (χ3n) is 3.49. The quantitative estimate of drug-likeness (QED) is 0.900. The molecule has 2 rings (SSSR count). The van der Waals surface area contributed by atoms with Gasteiger partial charge in [-0.1, -0.05) is 0 Å². The minimum absolute atomic E-state index is 0.185. The molecule has 0 aliphatic carbocycles. The summed E-state index contributed by atoms with van der Waals surface area (Å²) in [6, 6.07) is 6.48. The molecule has 19 heavy (non-hydrogen) atoms. The Morgan fingerprint density at radius 3 is 2.47 bits per heavy atom. The average Bonchev–Trinajstić information content (AvgIpc) is 2.80. The lowest BCUT2D eigenvalue weighted by Gasteiger charge is -2.22. The lowest BCUT2D eigenvalue weighted by Crippen LogP contribution is -2.24. The number of pyridine rings is 1. The summed E-state index contributed by atoms with van der Waals surface area (Å²) < 4.78 is 5.43. The zero-order valence-electron chi connectivity index (χ0n) is 12.3. The molecule has 1 N–H and O–H groups in total. The number of aromatic nitrogens is 1. The van der Waals surface area contributed by atoms with Crippen LogP contribution >= 0.6 is 0 Å². The third-order valence-corrected chi connectivity index (χ3v) is 3.49. The van der Waals surface area contributed by atoms with Gasteiger partial charge in [0, 0.05) is 17.4 Å². The maximum atomic E-state index is 5.43. The van der Waals surface area contributed by atoms with E-state index in [9.17, 15) is 0 Å². The van der Waals surface area contributed by atoms with Gasteiger partial charge in [0.2, 0.25) is 0 Å². The molecule has 0 aliphatic rings. The van der Waals surface area contributed by atoms with Crippen molar-refractivity contribution in [1.82, 2.24) is 10.3 Å². The van der Waals surface area contributed by atoms with Crippen LogP contribution < -0.4 is 5.32 Å². The van der Waals surface area contributed by atoms with Gasteiger partial charge in [-0.2, -0.15) is 0 Å². The van der Waals surface area contributed by atoms with E-state index < -0.39 is 0 Å². The summed E-state index contributed by atoms with van der Waals surface area (Å²) in [5.74, 6) is 0.960. The topological polar surface area (TPSA) is 38.1 Å². The minimum atomic E-state index is 0.185. The molecule has 0 amide bonds. The van der Waals surface area contributed by atoms with Crippen LogP contribution in [-0.2, 0) is 0 Å². The van der Waals surface area contributed by atoms with Crippen LogP contribution in [0.15, 0.2) is 28.9 Å². The highest BCUT2D eigenvalue weighted by Gasteiger charge is 2.17. The van der Waals surface area contributed by atoms with Gasteiger partial charge in [-0.25, -0.2) is 0 Å². The molecule has 0 saturated heterocycles. The number of nitrogens with one attached hydrogen (secondary N) is 1. The van der Waals surface area contributed by atoms with E-state index in [0.717, 1.165) is 17.1 Å². The van der Waals surface area contributed by atoms with Crippen LogP contribution in [0.5, 0.6) is 0 Å². The van der Waals surface area contributed by atoms with E-state index in [1.807, 2.05) is 19.1 Å². The van der Waals surface area contributed by atoms with Gasteiger partial charge in [0.15, 0.2) is 0 Å². The maximum absolute atomic E-state index is 5.43. The summed E-state index contributed by atoms with van der Waals surface area (Å²) >= 11 is 0. The lowest BCUT2D eigenvalue weighted by atomic mass is 9.99. The summed E-state index contributed by atoms with van der Waals surface area (Å²) in [5.41, 5.74) is 4.75. The predicted octanol–water partition coefficient (Wildman–Crippen LogP) is 4.01. The molecule has 0 bridgehead atoms. The fraction of sp³-hybridized carbons (Fsp3) is 0.438. The van der Waals surface area contributed by atoms with E-state index in [1.165, 1.54) is 11.1 Å². The number of hydrogen-bond acceptors (Lipinski definition) is 3. The van der Waals surface area contributed by atoms with Gasteiger partial charge >= 0.3 is 0 Å². The summed E-state index contributed by atoms with van der Waals surface area (Å²) in [6.07, 6.45) is 1.71. The van der Waals surface area contributed by atoms with E-state index >= 15 is 0 Å². The Bertz CT molecular complexity index is 523. The largest absolute Gasteiger partial charge is 0.468 e. The van der Waals surface area contributed by atoms with E-state index in [2.05, 4.69) is 44.1 Å². The normalized spacial score (nSPS) is 14.4. The Hall–Kier alpha value is -1.61. The van der Waals surface area contributed by atoms with Crippen molar-refractivity contribution in [2.75, 3.05) is 0 Å². The highest BCUT2D eigenvalue weighted by molar-refractivity contribution is 5.33. The molecule has 2 aromatic heterocycles. The zero-order valence-corrected chi connectivity index (χ0v) is 12.3.